The standard InChI is InChI=1S/C13H16N4O2/c1-10(4-8-18)16-13(19)12-9-11(3-6-14-12)17-7-2-5-15-17/h2-3,5-7,9-10,18H,4,8H2,1H3,(H,16,19)/t10-/m1/s1. The molecule has 0 fully saturated rings. The Hall–Kier alpha value is -2.21. The number of rotatable bonds is 5. The highest BCUT2D eigenvalue weighted by atomic mass is 16.3. The lowest BCUT2D eigenvalue weighted by Crippen LogP contribution is -2.33. The zero-order valence-electron chi connectivity index (χ0n) is 10.7. The molecule has 0 aliphatic rings. The molecule has 1 atom stereocenters. The lowest BCUT2D eigenvalue weighted by molar-refractivity contribution is 0.0929. The van der Waals surface area contributed by atoms with E-state index in [1.54, 1.807) is 35.4 Å². The number of aliphatic hydroxyl groups excluding tert-OH is 1. The minimum atomic E-state index is -0.255. The van der Waals surface area contributed by atoms with E-state index in [4.69, 9.17) is 5.11 Å². The van der Waals surface area contributed by atoms with E-state index in [0.29, 0.717) is 12.1 Å². The Balaban J connectivity index is 2.12. The second-order valence-corrected chi connectivity index (χ2v) is 4.24. The second kappa shape index (κ2) is 6.10. The van der Waals surface area contributed by atoms with E-state index in [-0.39, 0.29) is 18.6 Å². The Morgan fingerprint density at radius 3 is 3.05 bits per heavy atom. The van der Waals surface area contributed by atoms with Gasteiger partial charge in [0.05, 0.1) is 5.69 Å². The molecule has 0 bridgehead atoms. The van der Waals surface area contributed by atoms with Crippen LogP contribution in [0.4, 0.5) is 0 Å². The van der Waals surface area contributed by atoms with Crippen molar-refractivity contribution < 1.29 is 9.90 Å². The SMILES string of the molecule is C[C@H](CCO)NC(=O)c1cc(-n2cccn2)ccn1. The number of aliphatic hydroxyl groups is 1. The van der Waals surface area contributed by atoms with Crippen LogP contribution in [0.25, 0.3) is 5.69 Å². The van der Waals surface area contributed by atoms with E-state index in [1.165, 1.54) is 0 Å². The minimum absolute atomic E-state index is 0.0439. The summed E-state index contributed by atoms with van der Waals surface area (Å²) in [7, 11) is 0. The van der Waals surface area contributed by atoms with Crippen LogP contribution in [0.3, 0.4) is 0 Å². The van der Waals surface area contributed by atoms with Gasteiger partial charge in [-0.25, -0.2) is 4.68 Å². The van der Waals surface area contributed by atoms with Crippen molar-refractivity contribution in [1.82, 2.24) is 20.1 Å². The highest BCUT2D eigenvalue weighted by Gasteiger charge is 2.11. The van der Waals surface area contributed by atoms with Crippen molar-refractivity contribution in [3.05, 3.63) is 42.5 Å². The van der Waals surface area contributed by atoms with Gasteiger partial charge in [-0.15, -0.1) is 0 Å². The third kappa shape index (κ3) is 3.38. The number of nitrogens with one attached hydrogen (secondary N) is 1. The molecule has 0 saturated heterocycles. The number of hydrogen-bond donors (Lipinski definition) is 2. The number of amides is 1. The van der Waals surface area contributed by atoms with Gasteiger partial charge >= 0.3 is 0 Å². The number of carbonyl (C=O) groups is 1. The van der Waals surface area contributed by atoms with E-state index in [1.807, 2.05) is 13.0 Å². The van der Waals surface area contributed by atoms with Crippen molar-refractivity contribution in [2.24, 2.45) is 0 Å². The summed E-state index contributed by atoms with van der Waals surface area (Å²) in [4.78, 5) is 16.0. The summed E-state index contributed by atoms with van der Waals surface area (Å²) in [5.41, 5.74) is 1.11. The first-order valence-corrected chi connectivity index (χ1v) is 6.08. The molecule has 2 heterocycles. The summed E-state index contributed by atoms with van der Waals surface area (Å²) < 4.78 is 1.66. The molecule has 100 valence electrons. The van der Waals surface area contributed by atoms with E-state index in [2.05, 4.69) is 15.4 Å². The summed E-state index contributed by atoms with van der Waals surface area (Å²) in [6.45, 7) is 1.88. The van der Waals surface area contributed by atoms with Gasteiger partial charge in [0, 0.05) is 31.2 Å². The molecule has 0 saturated carbocycles. The lowest BCUT2D eigenvalue weighted by Gasteiger charge is -2.12. The van der Waals surface area contributed by atoms with E-state index >= 15 is 0 Å². The monoisotopic (exact) mass is 260 g/mol. The molecule has 0 aromatic carbocycles. The maximum atomic E-state index is 12.0. The number of pyridine rings is 1. The third-order valence-corrected chi connectivity index (χ3v) is 2.68. The molecule has 0 unspecified atom stereocenters. The molecule has 6 heteroatoms. The van der Waals surface area contributed by atoms with Crippen molar-refractivity contribution in [1.29, 1.82) is 0 Å². The predicted octanol–water partition coefficient (Wildman–Crippen LogP) is 0.768. The van der Waals surface area contributed by atoms with Gasteiger partial charge in [0.1, 0.15) is 5.69 Å². The number of hydrogen-bond acceptors (Lipinski definition) is 4. The van der Waals surface area contributed by atoms with Gasteiger partial charge in [-0.1, -0.05) is 0 Å². The summed E-state index contributed by atoms with van der Waals surface area (Å²) in [6.07, 6.45) is 5.56. The fourth-order valence-corrected chi connectivity index (χ4v) is 1.67. The first kappa shape index (κ1) is 13.2. The Labute approximate surface area is 111 Å². The largest absolute Gasteiger partial charge is 0.396 e. The predicted molar refractivity (Wildman–Crippen MR) is 70.0 cm³/mol. The van der Waals surface area contributed by atoms with E-state index in [9.17, 15) is 4.79 Å². The van der Waals surface area contributed by atoms with Gasteiger partial charge in [-0.05, 0) is 31.5 Å². The highest BCUT2D eigenvalue weighted by Crippen LogP contribution is 2.07. The zero-order valence-corrected chi connectivity index (χ0v) is 10.7. The molecule has 0 radical (unpaired) electrons. The van der Waals surface area contributed by atoms with Crippen LogP contribution in [0.5, 0.6) is 0 Å². The molecule has 0 aliphatic carbocycles. The van der Waals surface area contributed by atoms with Crippen molar-refractivity contribution in [2.75, 3.05) is 6.61 Å². The van der Waals surface area contributed by atoms with Crippen molar-refractivity contribution in [3.8, 4) is 5.69 Å². The maximum Gasteiger partial charge on any atom is 0.270 e. The molecule has 1 amide bonds. The van der Waals surface area contributed by atoms with Gasteiger partial charge in [0.15, 0.2) is 0 Å². The van der Waals surface area contributed by atoms with Crippen LogP contribution in [0.1, 0.15) is 23.8 Å². The van der Waals surface area contributed by atoms with E-state index in [0.717, 1.165) is 5.69 Å². The van der Waals surface area contributed by atoms with Gasteiger partial charge < -0.3 is 10.4 Å². The molecule has 2 rings (SSSR count). The molecule has 6 nitrogen and oxygen atoms in total. The van der Waals surface area contributed by atoms with Crippen LogP contribution >= 0.6 is 0 Å². The van der Waals surface area contributed by atoms with Gasteiger partial charge in [0.2, 0.25) is 0 Å². The van der Waals surface area contributed by atoms with Crippen molar-refractivity contribution in [3.63, 3.8) is 0 Å². The summed E-state index contributed by atoms with van der Waals surface area (Å²) in [6, 6.07) is 5.17. The fraction of sp³-hybridized carbons (Fsp3) is 0.308. The van der Waals surface area contributed by atoms with Crippen LogP contribution in [-0.2, 0) is 0 Å². The summed E-state index contributed by atoms with van der Waals surface area (Å²) in [5.74, 6) is -0.255. The number of nitrogens with zero attached hydrogens (tertiary/aromatic N) is 3. The van der Waals surface area contributed by atoms with Gasteiger partial charge in [-0.3, -0.25) is 9.78 Å². The van der Waals surface area contributed by atoms with Gasteiger partial charge in [0.25, 0.3) is 5.91 Å². The first-order valence-electron chi connectivity index (χ1n) is 6.08. The Bertz CT molecular complexity index is 539. The molecule has 2 N–H and O–H groups in total. The average Bonchev–Trinajstić information content (AvgIpc) is 2.93. The van der Waals surface area contributed by atoms with Crippen LogP contribution in [0.2, 0.25) is 0 Å². The van der Waals surface area contributed by atoms with Crippen LogP contribution < -0.4 is 5.32 Å². The van der Waals surface area contributed by atoms with Crippen LogP contribution in [0, 0.1) is 0 Å². The van der Waals surface area contributed by atoms with Gasteiger partial charge in [-0.2, -0.15) is 5.10 Å². The summed E-state index contributed by atoms with van der Waals surface area (Å²) >= 11 is 0. The first-order chi connectivity index (χ1) is 9.20. The Morgan fingerprint density at radius 2 is 2.37 bits per heavy atom. The van der Waals surface area contributed by atoms with Crippen LogP contribution in [0.15, 0.2) is 36.8 Å². The lowest BCUT2D eigenvalue weighted by atomic mass is 10.2. The normalized spacial score (nSPS) is 12.1. The molecule has 2 aromatic rings. The third-order valence-electron chi connectivity index (χ3n) is 2.68. The molecular weight excluding hydrogens is 244 g/mol. The Morgan fingerprint density at radius 1 is 1.53 bits per heavy atom. The highest BCUT2D eigenvalue weighted by molar-refractivity contribution is 5.92. The second-order valence-electron chi connectivity index (χ2n) is 4.24. The quantitative estimate of drug-likeness (QED) is 0.832. The topological polar surface area (TPSA) is 80.0 Å². The smallest absolute Gasteiger partial charge is 0.270 e. The van der Waals surface area contributed by atoms with Crippen LogP contribution in [-0.4, -0.2) is 38.4 Å². The van der Waals surface area contributed by atoms with E-state index < -0.39 is 0 Å². The average molecular weight is 260 g/mol. The summed E-state index contributed by atoms with van der Waals surface area (Å²) in [5, 5.41) is 15.7. The zero-order chi connectivity index (χ0) is 13.7. The molecule has 0 aliphatic heterocycles. The number of carbonyl (C=O) groups excluding carboxylic acids is 1. The Kier molecular flexibility index (Phi) is 4.25. The molecule has 2 aromatic heterocycles. The van der Waals surface area contributed by atoms with Crippen molar-refractivity contribution in [2.45, 2.75) is 19.4 Å². The maximum absolute atomic E-state index is 12.0. The molecule has 19 heavy (non-hydrogen) atoms. The fourth-order valence-electron chi connectivity index (χ4n) is 1.67. The van der Waals surface area contributed by atoms with Crippen molar-refractivity contribution >= 4 is 5.91 Å². The molecular formula is C13H16N4O2. The molecule has 0 spiro atoms. The number of aromatic nitrogens is 3. The minimum Gasteiger partial charge on any atom is -0.396 e.